The quantitative estimate of drug-likeness (QED) is 0.497. The summed E-state index contributed by atoms with van der Waals surface area (Å²) in [4.78, 5) is 12.5. The van der Waals surface area contributed by atoms with Crippen molar-refractivity contribution in [3.05, 3.63) is 88.2 Å². The van der Waals surface area contributed by atoms with Crippen molar-refractivity contribution in [2.45, 2.75) is 13.8 Å². The van der Waals surface area contributed by atoms with Gasteiger partial charge in [0.05, 0.1) is 0 Å². The minimum Gasteiger partial charge on any atom is -0.321 e. The number of carbonyl (C=O) groups excluding carboxylic acids is 1. The van der Waals surface area contributed by atoms with E-state index in [4.69, 9.17) is 11.6 Å². The van der Waals surface area contributed by atoms with Gasteiger partial charge in [0.25, 0.3) is 5.91 Å². The van der Waals surface area contributed by atoms with Gasteiger partial charge in [-0.15, -0.1) is 0 Å². The first-order chi connectivity index (χ1) is 13.0. The second-order valence-electron chi connectivity index (χ2n) is 6.16. The Morgan fingerprint density at radius 3 is 2.59 bits per heavy atom. The van der Waals surface area contributed by atoms with E-state index in [1.807, 2.05) is 67.1 Å². The van der Waals surface area contributed by atoms with E-state index in [9.17, 15) is 10.1 Å². The first-order valence-electron chi connectivity index (χ1n) is 8.42. The summed E-state index contributed by atoms with van der Waals surface area (Å²) in [6, 6.07) is 19.1. The predicted octanol–water partition coefficient (Wildman–Crippen LogP) is 5.29. The van der Waals surface area contributed by atoms with Gasteiger partial charge in [-0.25, -0.2) is 0 Å². The molecule has 5 heteroatoms. The monoisotopic (exact) mass is 375 g/mol. The van der Waals surface area contributed by atoms with Crippen LogP contribution in [0.15, 0.2) is 66.4 Å². The van der Waals surface area contributed by atoms with E-state index in [-0.39, 0.29) is 5.57 Å². The number of nitriles is 1. The molecule has 1 heterocycles. The van der Waals surface area contributed by atoms with Crippen molar-refractivity contribution < 1.29 is 4.79 Å². The van der Waals surface area contributed by atoms with Crippen molar-refractivity contribution in [1.29, 1.82) is 5.26 Å². The van der Waals surface area contributed by atoms with E-state index < -0.39 is 5.91 Å². The first kappa shape index (κ1) is 18.5. The summed E-state index contributed by atoms with van der Waals surface area (Å²) in [5.41, 5.74) is 4.19. The summed E-state index contributed by atoms with van der Waals surface area (Å²) in [6.45, 7) is 3.79. The fourth-order valence-corrected chi connectivity index (χ4v) is 2.97. The number of halogens is 1. The van der Waals surface area contributed by atoms with Gasteiger partial charge < -0.3 is 9.88 Å². The highest BCUT2D eigenvalue weighted by molar-refractivity contribution is 6.31. The number of carbonyl (C=O) groups is 1. The van der Waals surface area contributed by atoms with Gasteiger partial charge in [0.15, 0.2) is 0 Å². The lowest BCUT2D eigenvalue weighted by Crippen LogP contribution is -2.14. The van der Waals surface area contributed by atoms with E-state index in [0.29, 0.717) is 10.7 Å². The normalized spacial score (nSPS) is 11.1. The van der Waals surface area contributed by atoms with E-state index in [2.05, 4.69) is 5.32 Å². The Morgan fingerprint density at radius 1 is 1.15 bits per heavy atom. The largest absolute Gasteiger partial charge is 0.321 e. The summed E-state index contributed by atoms with van der Waals surface area (Å²) in [7, 11) is 0. The molecule has 1 N–H and O–H groups in total. The Balaban J connectivity index is 1.87. The van der Waals surface area contributed by atoms with Gasteiger partial charge in [0.1, 0.15) is 11.6 Å². The molecule has 0 radical (unpaired) electrons. The molecule has 1 aromatic heterocycles. The van der Waals surface area contributed by atoms with Crippen LogP contribution in [-0.4, -0.2) is 10.5 Å². The fraction of sp³-hybridized carbons (Fsp3) is 0.0909. The Kier molecular flexibility index (Phi) is 5.44. The van der Waals surface area contributed by atoms with Crippen LogP contribution in [-0.2, 0) is 4.79 Å². The molecule has 0 aliphatic rings. The molecule has 134 valence electrons. The number of aryl methyl sites for hydroxylation is 1. The maximum Gasteiger partial charge on any atom is 0.266 e. The minimum absolute atomic E-state index is 0.0274. The minimum atomic E-state index is -0.465. The molecular weight excluding hydrogens is 358 g/mol. The van der Waals surface area contributed by atoms with Crippen LogP contribution in [0.5, 0.6) is 0 Å². The number of aromatic nitrogens is 1. The van der Waals surface area contributed by atoms with Crippen LogP contribution in [0.1, 0.15) is 16.8 Å². The molecule has 27 heavy (non-hydrogen) atoms. The van der Waals surface area contributed by atoms with E-state index >= 15 is 0 Å². The molecule has 0 atom stereocenters. The smallest absolute Gasteiger partial charge is 0.266 e. The van der Waals surface area contributed by atoms with E-state index in [1.54, 1.807) is 24.3 Å². The number of amides is 1. The van der Waals surface area contributed by atoms with Crippen molar-refractivity contribution in [2.24, 2.45) is 0 Å². The fourth-order valence-electron chi connectivity index (χ4n) is 2.79. The lowest BCUT2D eigenvalue weighted by Gasteiger charge is -2.08. The zero-order valence-corrected chi connectivity index (χ0v) is 15.8. The average molecular weight is 376 g/mol. The standard InChI is InChI=1S/C22H18ClN3O/c1-15-11-17(14-26(15)19-7-4-3-5-8-19)12-18(13-24)22(27)25-21-10-6-9-20(23)16(21)2/h3-12,14H,1-2H3,(H,25,27)/b18-12+. The maximum atomic E-state index is 12.5. The van der Waals surface area contributed by atoms with Crippen LogP contribution in [0.3, 0.4) is 0 Å². The van der Waals surface area contributed by atoms with E-state index in [0.717, 1.165) is 22.5 Å². The second-order valence-corrected chi connectivity index (χ2v) is 6.56. The number of nitrogens with zero attached hydrogens (tertiary/aromatic N) is 2. The van der Waals surface area contributed by atoms with Gasteiger partial charge in [0.2, 0.25) is 0 Å². The van der Waals surface area contributed by atoms with Gasteiger partial charge in [-0.2, -0.15) is 5.26 Å². The molecule has 0 spiro atoms. The van der Waals surface area contributed by atoms with Crippen LogP contribution < -0.4 is 5.32 Å². The van der Waals surface area contributed by atoms with Gasteiger partial charge >= 0.3 is 0 Å². The molecular formula is C22H18ClN3O. The van der Waals surface area contributed by atoms with Crippen molar-refractivity contribution in [1.82, 2.24) is 4.57 Å². The summed E-state index contributed by atoms with van der Waals surface area (Å²) in [5.74, 6) is -0.465. The highest BCUT2D eigenvalue weighted by Gasteiger charge is 2.13. The molecule has 1 amide bonds. The zero-order valence-electron chi connectivity index (χ0n) is 15.0. The first-order valence-corrected chi connectivity index (χ1v) is 8.80. The summed E-state index contributed by atoms with van der Waals surface area (Å²) < 4.78 is 2.01. The maximum absolute atomic E-state index is 12.5. The number of nitrogens with one attached hydrogen (secondary N) is 1. The topological polar surface area (TPSA) is 57.8 Å². The molecule has 0 aliphatic heterocycles. The number of para-hydroxylation sites is 1. The number of benzene rings is 2. The zero-order chi connectivity index (χ0) is 19.4. The molecule has 3 rings (SSSR count). The van der Waals surface area contributed by atoms with Crippen molar-refractivity contribution >= 4 is 29.3 Å². The van der Waals surface area contributed by atoms with Crippen LogP contribution in [0, 0.1) is 25.2 Å². The summed E-state index contributed by atoms with van der Waals surface area (Å²) >= 11 is 6.09. The molecule has 0 unspecified atom stereocenters. The third kappa shape index (κ3) is 4.11. The third-order valence-electron chi connectivity index (χ3n) is 4.26. The number of hydrogen-bond donors (Lipinski definition) is 1. The van der Waals surface area contributed by atoms with Gasteiger partial charge in [-0.05, 0) is 61.4 Å². The third-order valence-corrected chi connectivity index (χ3v) is 4.67. The lowest BCUT2D eigenvalue weighted by molar-refractivity contribution is -0.112. The Bertz CT molecular complexity index is 1060. The SMILES string of the molecule is Cc1c(Cl)cccc1NC(=O)/C(C#N)=C/c1cc(C)n(-c2ccccc2)c1. The molecule has 0 aliphatic carbocycles. The molecule has 0 fully saturated rings. The van der Waals surface area contributed by atoms with Gasteiger partial charge in [0, 0.05) is 28.3 Å². The molecule has 4 nitrogen and oxygen atoms in total. The van der Waals surface area contributed by atoms with Gasteiger partial charge in [-0.1, -0.05) is 35.9 Å². The molecule has 0 saturated heterocycles. The average Bonchev–Trinajstić information content (AvgIpc) is 3.04. The van der Waals surface area contributed by atoms with E-state index in [1.165, 1.54) is 0 Å². The molecule has 0 bridgehead atoms. The van der Waals surface area contributed by atoms with Crippen LogP contribution in [0.4, 0.5) is 5.69 Å². The van der Waals surface area contributed by atoms with Crippen molar-refractivity contribution in [3.63, 3.8) is 0 Å². The van der Waals surface area contributed by atoms with Crippen molar-refractivity contribution in [3.8, 4) is 11.8 Å². The van der Waals surface area contributed by atoms with Crippen molar-refractivity contribution in [2.75, 3.05) is 5.32 Å². The summed E-state index contributed by atoms with van der Waals surface area (Å²) in [6.07, 6.45) is 3.49. The molecule has 2 aromatic carbocycles. The Labute approximate surface area is 163 Å². The van der Waals surface area contributed by atoms with Crippen LogP contribution in [0.25, 0.3) is 11.8 Å². The van der Waals surface area contributed by atoms with Crippen LogP contribution in [0.2, 0.25) is 5.02 Å². The highest BCUT2D eigenvalue weighted by Crippen LogP contribution is 2.24. The molecule has 0 saturated carbocycles. The lowest BCUT2D eigenvalue weighted by atomic mass is 10.1. The summed E-state index contributed by atoms with van der Waals surface area (Å²) in [5, 5.41) is 12.8. The molecule has 3 aromatic rings. The Hall–Kier alpha value is -3.29. The van der Waals surface area contributed by atoms with Gasteiger partial charge in [-0.3, -0.25) is 4.79 Å². The number of rotatable bonds is 4. The second kappa shape index (κ2) is 7.94. The predicted molar refractivity (Wildman–Crippen MR) is 109 cm³/mol. The Morgan fingerprint density at radius 2 is 1.89 bits per heavy atom. The van der Waals surface area contributed by atoms with Crippen LogP contribution >= 0.6 is 11.6 Å². The highest BCUT2D eigenvalue weighted by atomic mass is 35.5. The number of anilines is 1. The number of hydrogen-bond acceptors (Lipinski definition) is 2.